The Balaban J connectivity index is 2.96. The van der Waals surface area contributed by atoms with Gasteiger partial charge in [-0.1, -0.05) is 0 Å². The van der Waals surface area contributed by atoms with Crippen molar-refractivity contribution in [2.75, 3.05) is 7.11 Å². The number of aryl methyl sites for hydroxylation is 1. The van der Waals surface area contributed by atoms with E-state index in [0.717, 1.165) is 0 Å². The maximum absolute atomic E-state index is 11.2. The zero-order chi connectivity index (χ0) is 10.7. The van der Waals surface area contributed by atoms with Crippen LogP contribution in [0.5, 0.6) is 0 Å². The van der Waals surface area contributed by atoms with Gasteiger partial charge in [-0.3, -0.25) is 4.68 Å². The highest BCUT2D eigenvalue weighted by Crippen LogP contribution is 2.10. The number of hydrogen-bond acceptors (Lipinski definition) is 4. The summed E-state index contributed by atoms with van der Waals surface area (Å²) in [5.74, 6) is -0.471. The molecule has 5 heteroatoms. The van der Waals surface area contributed by atoms with Crippen LogP contribution >= 0.6 is 0 Å². The van der Waals surface area contributed by atoms with Gasteiger partial charge >= 0.3 is 5.97 Å². The molecule has 0 spiro atoms. The predicted molar refractivity (Wildman–Crippen MR) is 49.9 cm³/mol. The van der Waals surface area contributed by atoms with Crippen molar-refractivity contribution in [3.8, 4) is 0 Å². The molecule has 0 radical (unpaired) electrons. The van der Waals surface area contributed by atoms with Crippen LogP contribution in [-0.2, 0) is 18.2 Å². The van der Waals surface area contributed by atoms with E-state index in [1.807, 2.05) is 0 Å². The summed E-state index contributed by atoms with van der Waals surface area (Å²) in [7, 11) is 3.03. The molecule has 0 bridgehead atoms. The molecule has 0 saturated heterocycles. The van der Waals surface area contributed by atoms with Crippen LogP contribution in [-0.4, -0.2) is 34.1 Å². The SMILES string of the molecule is COC(=O)c1nn(C)cc1C[C@@H](C)O. The van der Waals surface area contributed by atoms with Crippen molar-refractivity contribution in [2.24, 2.45) is 7.05 Å². The summed E-state index contributed by atoms with van der Waals surface area (Å²) in [6, 6.07) is 0. The Labute approximate surface area is 82.3 Å². The molecule has 14 heavy (non-hydrogen) atoms. The second-order valence-electron chi connectivity index (χ2n) is 3.22. The highest BCUT2D eigenvalue weighted by molar-refractivity contribution is 5.88. The number of hydrogen-bond donors (Lipinski definition) is 1. The Morgan fingerprint density at radius 1 is 1.79 bits per heavy atom. The van der Waals surface area contributed by atoms with Gasteiger partial charge in [0.1, 0.15) is 0 Å². The van der Waals surface area contributed by atoms with Crippen molar-refractivity contribution in [3.05, 3.63) is 17.5 Å². The molecule has 1 aromatic rings. The van der Waals surface area contributed by atoms with Crippen LogP contribution in [0.3, 0.4) is 0 Å². The van der Waals surface area contributed by atoms with Crippen LogP contribution in [0.4, 0.5) is 0 Å². The Bertz CT molecular complexity index is 331. The molecular weight excluding hydrogens is 184 g/mol. The van der Waals surface area contributed by atoms with Crippen molar-refractivity contribution in [3.63, 3.8) is 0 Å². The lowest BCUT2D eigenvalue weighted by Crippen LogP contribution is -2.10. The molecule has 1 atom stereocenters. The Kier molecular flexibility index (Phi) is 3.24. The van der Waals surface area contributed by atoms with E-state index in [1.54, 1.807) is 20.2 Å². The summed E-state index contributed by atoms with van der Waals surface area (Å²) in [5, 5.41) is 13.2. The lowest BCUT2D eigenvalue weighted by atomic mass is 10.1. The summed E-state index contributed by atoms with van der Waals surface area (Å²) in [6.07, 6.45) is 1.61. The molecule has 5 nitrogen and oxygen atoms in total. The summed E-state index contributed by atoms with van der Waals surface area (Å²) < 4.78 is 6.11. The van der Waals surface area contributed by atoms with Crippen LogP contribution in [0.2, 0.25) is 0 Å². The second-order valence-corrected chi connectivity index (χ2v) is 3.22. The van der Waals surface area contributed by atoms with Crippen molar-refractivity contribution in [2.45, 2.75) is 19.4 Å². The first-order valence-corrected chi connectivity index (χ1v) is 4.33. The zero-order valence-corrected chi connectivity index (χ0v) is 8.52. The standard InChI is InChI=1S/C9H14N2O3/c1-6(12)4-7-5-11(2)10-8(7)9(13)14-3/h5-6,12H,4H2,1-3H3/t6-/m1/s1. The third-order valence-electron chi connectivity index (χ3n) is 1.80. The average Bonchev–Trinajstić information content (AvgIpc) is 2.44. The largest absolute Gasteiger partial charge is 0.464 e. The quantitative estimate of drug-likeness (QED) is 0.701. The molecule has 0 saturated carbocycles. The minimum absolute atomic E-state index is 0.274. The van der Waals surface area contributed by atoms with Crippen molar-refractivity contribution >= 4 is 5.97 Å². The summed E-state index contributed by atoms with van der Waals surface area (Å²) >= 11 is 0. The fraction of sp³-hybridized carbons (Fsp3) is 0.556. The number of ether oxygens (including phenoxy) is 1. The highest BCUT2D eigenvalue weighted by atomic mass is 16.5. The molecule has 1 rings (SSSR count). The van der Waals surface area contributed by atoms with Gasteiger partial charge in [0.2, 0.25) is 0 Å². The third kappa shape index (κ3) is 2.32. The number of aliphatic hydroxyl groups excluding tert-OH is 1. The Hall–Kier alpha value is -1.36. The monoisotopic (exact) mass is 198 g/mol. The minimum atomic E-state index is -0.498. The van der Waals surface area contributed by atoms with E-state index in [-0.39, 0.29) is 5.69 Å². The summed E-state index contributed by atoms with van der Waals surface area (Å²) in [4.78, 5) is 11.2. The molecule has 0 aliphatic heterocycles. The van der Waals surface area contributed by atoms with Gasteiger partial charge in [0.05, 0.1) is 13.2 Å². The Morgan fingerprint density at radius 2 is 2.43 bits per heavy atom. The van der Waals surface area contributed by atoms with Gasteiger partial charge in [-0.25, -0.2) is 4.79 Å². The lowest BCUT2D eigenvalue weighted by molar-refractivity contribution is 0.0591. The molecule has 0 unspecified atom stereocenters. The minimum Gasteiger partial charge on any atom is -0.464 e. The summed E-state index contributed by atoms with van der Waals surface area (Å²) in [5.41, 5.74) is 0.977. The third-order valence-corrected chi connectivity index (χ3v) is 1.80. The van der Waals surface area contributed by atoms with Crippen LogP contribution in [0.1, 0.15) is 23.0 Å². The predicted octanol–water partition coefficient (Wildman–Crippen LogP) is 0.130. The van der Waals surface area contributed by atoms with E-state index in [2.05, 4.69) is 9.84 Å². The maximum atomic E-state index is 11.2. The van der Waals surface area contributed by atoms with Crippen LogP contribution in [0.15, 0.2) is 6.20 Å². The van der Waals surface area contributed by atoms with Crippen LogP contribution < -0.4 is 0 Å². The van der Waals surface area contributed by atoms with E-state index in [4.69, 9.17) is 0 Å². The van der Waals surface area contributed by atoms with Gasteiger partial charge in [0, 0.05) is 25.2 Å². The number of aliphatic hydroxyl groups is 1. The van der Waals surface area contributed by atoms with Gasteiger partial charge in [-0.05, 0) is 6.92 Å². The number of methoxy groups -OCH3 is 1. The zero-order valence-electron chi connectivity index (χ0n) is 8.52. The molecule has 0 aliphatic rings. The maximum Gasteiger partial charge on any atom is 0.358 e. The first-order chi connectivity index (χ1) is 6.54. The number of esters is 1. The number of carbonyl (C=O) groups excluding carboxylic acids is 1. The normalized spacial score (nSPS) is 12.6. The lowest BCUT2D eigenvalue weighted by Gasteiger charge is -2.02. The first kappa shape index (κ1) is 10.7. The molecule has 0 aliphatic carbocycles. The van der Waals surface area contributed by atoms with Gasteiger partial charge in [0.15, 0.2) is 5.69 Å². The second kappa shape index (κ2) is 4.23. The molecule has 0 amide bonds. The van der Waals surface area contributed by atoms with Crippen molar-refractivity contribution in [1.82, 2.24) is 9.78 Å². The van der Waals surface area contributed by atoms with Crippen molar-refractivity contribution < 1.29 is 14.6 Å². The number of carbonyl (C=O) groups is 1. The molecular formula is C9H14N2O3. The summed E-state index contributed by atoms with van der Waals surface area (Å²) in [6.45, 7) is 1.66. The van der Waals surface area contributed by atoms with Crippen LogP contribution in [0.25, 0.3) is 0 Å². The first-order valence-electron chi connectivity index (χ1n) is 4.33. The number of rotatable bonds is 3. The highest BCUT2D eigenvalue weighted by Gasteiger charge is 2.17. The van der Waals surface area contributed by atoms with Gasteiger partial charge < -0.3 is 9.84 Å². The molecule has 1 N–H and O–H groups in total. The van der Waals surface area contributed by atoms with Gasteiger partial charge in [-0.2, -0.15) is 5.10 Å². The van der Waals surface area contributed by atoms with Gasteiger partial charge in [0.25, 0.3) is 0 Å². The van der Waals surface area contributed by atoms with E-state index >= 15 is 0 Å². The number of aromatic nitrogens is 2. The van der Waals surface area contributed by atoms with Crippen molar-refractivity contribution in [1.29, 1.82) is 0 Å². The molecule has 1 heterocycles. The van der Waals surface area contributed by atoms with E-state index < -0.39 is 12.1 Å². The Morgan fingerprint density at radius 3 is 2.93 bits per heavy atom. The number of nitrogens with zero attached hydrogens (tertiary/aromatic N) is 2. The van der Waals surface area contributed by atoms with E-state index in [1.165, 1.54) is 11.8 Å². The fourth-order valence-electron chi connectivity index (χ4n) is 1.27. The molecule has 0 aromatic carbocycles. The topological polar surface area (TPSA) is 64.3 Å². The molecule has 78 valence electrons. The fourth-order valence-corrected chi connectivity index (χ4v) is 1.27. The molecule has 0 fully saturated rings. The van der Waals surface area contributed by atoms with E-state index in [0.29, 0.717) is 12.0 Å². The van der Waals surface area contributed by atoms with Gasteiger partial charge in [-0.15, -0.1) is 0 Å². The van der Waals surface area contributed by atoms with E-state index in [9.17, 15) is 9.90 Å². The van der Waals surface area contributed by atoms with Crippen LogP contribution in [0, 0.1) is 0 Å². The average molecular weight is 198 g/mol. The molecule has 1 aromatic heterocycles. The smallest absolute Gasteiger partial charge is 0.358 e.